The van der Waals surface area contributed by atoms with Crippen LogP contribution in [0.5, 0.6) is 0 Å². The lowest BCUT2D eigenvalue weighted by atomic mass is 10.1. The maximum absolute atomic E-state index is 12.8. The van der Waals surface area contributed by atoms with Gasteiger partial charge in [-0.1, -0.05) is 0 Å². The Morgan fingerprint density at radius 3 is 2.86 bits per heavy atom. The number of nitrogen functional groups attached to an aromatic ring is 1. The summed E-state index contributed by atoms with van der Waals surface area (Å²) in [6.07, 6.45) is 4.94. The summed E-state index contributed by atoms with van der Waals surface area (Å²) in [7, 11) is 3.90. The first kappa shape index (κ1) is 18.7. The highest BCUT2D eigenvalue weighted by molar-refractivity contribution is 6.07. The smallest absolute Gasteiger partial charge is 0.289 e. The maximum atomic E-state index is 12.8. The Kier molecular flexibility index (Phi) is 5.01. The van der Waals surface area contributed by atoms with E-state index >= 15 is 0 Å². The molecule has 0 unspecified atom stereocenters. The van der Waals surface area contributed by atoms with Crippen molar-refractivity contribution in [3.8, 4) is 0 Å². The SMILES string of the molecule is CN(C)CCNC(=O)c1oc2cnccc2c1Nc1ccc2c(N)nccc2c1. The topological polar surface area (TPSA) is 109 Å². The molecule has 3 heterocycles. The number of carbonyl (C=O) groups excluding carboxylic acids is 1. The highest BCUT2D eigenvalue weighted by atomic mass is 16.3. The van der Waals surface area contributed by atoms with Gasteiger partial charge in [0.2, 0.25) is 5.76 Å². The molecule has 0 saturated carbocycles. The average molecular weight is 390 g/mol. The van der Waals surface area contributed by atoms with Crippen molar-refractivity contribution in [1.82, 2.24) is 20.2 Å². The molecule has 0 aliphatic carbocycles. The summed E-state index contributed by atoms with van der Waals surface area (Å²) in [5.41, 5.74) is 7.89. The molecule has 1 aromatic carbocycles. The number of carbonyl (C=O) groups is 1. The van der Waals surface area contributed by atoms with Gasteiger partial charge < -0.3 is 25.7 Å². The standard InChI is InChI=1S/C21H22N6O2/c1-27(2)10-9-25-21(28)19-18(16-6-7-23-12-17(16)29-19)26-14-3-4-15-13(11-14)5-8-24-20(15)22/h3-8,11-12,26H,9-10H2,1-2H3,(H2,22,24)(H,25,28). The van der Waals surface area contributed by atoms with E-state index < -0.39 is 0 Å². The molecule has 0 bridgehead atoms. The fourth-order valence-corrected chi connectivity index (χ4v) is 3.13. The molecule has 148 valence electrons. The van der Waals surface area contributed by atoms with E-state index in [0.717, 1.165) is 28.4 Å². The number of nitrogens with one attached hydrogen (secondary N) is 2. The van der Waals surface area contributed by atoms with Gasteiger partial charge in [0, 0.05) is 41.9 Å². The fourth-order valence-electron chi connectivity index (χ4n) is 3.13. The van der Waals surface area contributed by atoms with Crippen LogP contribution in [0.1, 0.15) is 10.6 Å². The Balaban J connectivity index is 1.69. The number of aromatic nitrogens is 2. The minimum atomic E-state index is -0.278. The molecular formula is C21H22N6O2. The number of benzene rings is 1. The molecule has 29 heavy (non-hydrogen) atoms. The number of anilines is 3. The number of amides is 1. The van der Waals surface area contributed by atoms with Crippen LogP contribution in [0.15, 0.2) is 53.3 Å². The molecule has 8 nitrogen and oxygen atoms in total. The molecule has 0 fully saturated rings. The third-order valence-corrected chi connectivity index (χ3v) is 4.61. The summed E-state index contributed by atoms with van der Waals surface area (Å²) in [6.45, 7) is 1.25. The molecule has 0 aliphatic heterocycles. The first-order valence-electron chi connectivity index (χ1n) is 9.23. The second kappa shape index (κ2) is 7.76. The molecule has 0 saturated heterocycles. The van der Waals surface area contributed by atoms with Crippen LogP contribution in [-0.2, 0) is 0 Å². The van der Waals surface area contributed by atoms with Crippen molar-refractivity contribution < 1.29 is 9.21 Å². The van der Waals surface area contributed by atoms with Gasteiger partial charge in [0.15, 0.2) is 5.58 Å². The van der Waals surface area contributed by atoms with Gasteiger partial charge in [-0.15, -0.1) is 0 Å². The summed E-state index contributed by atoms with van der Waals surface area (Å²) < 4.78 is 5.82. The number of furan rings is 1. The van der Waals surface area contributed by atoms with Crippen molar-refractivity contribution in [2.45, 2.75) is 0 Å². The maximum Gasteiger partial charge on any atom is 0.289 e. The number of nitrogens with two attached hydrogens (primary N) is 1. The normalized spacial score (nSPS) is 11.3. The van der Waals surface area contributed by atoms with E-state index in [0.29, 0.717) is 23.6 Å². The largest absolute Gasteiger partial charge is 0.447 e. The van der Waals surface area contributed by atoms with Gasteiger partial charge in [-0.2, -0.15) is 0 Å². The van der Waals surface area contributed by atoms with E-state index in [-0.39, 0.29) is 11.7 Å². The summed E-state index contributed by atoms with van der Waals surface area (Å²) >= 11 is 0. The first-order chi connectivity index (χ1) is 14.0. The van der Waals surface area contributed by atoms with E-state index in [1.54, 1.807) is 18.6 Å². The molecule has 0 atom stereocenters. The molecule has 4 aromatic rings. The number of hydrogen-bond donors (Lipinski definition) is 3. The molecular weight excluding hydrogens is 368 g/mol. The molecule has 1 amide bonds. The van der Waals surface area contributed by atoms with Crippen LogP contribution in [0.3, 0.4) is 0 Å². The molecule has 8 heteroatoms. The Hall–Kier alpha value is -3.65. The Morgan fingerprint density at radius 2 is 2.03 bits per heavy atom. The number of pyridine rings is 2. The number of rotatable bonds is 6. The van der Waals surface area contributed by atoms with Gasteiger partial charge >= 0.3 is 0 Å². The lowest BCUT2D eigenvalue weighted by Crippen LogP contribution is -2.31. The van der Waals surface area contributed by atoms with Crippen molar-refractivity contribution in [3.63, 3.8) is 0 Å². The van der Waals surface area contributed by atoms with E-state index in [1.165, 1.54) is 0 Å². The van der Waals surface area contributed by atoms with Crippen molar-refractivity contribution >= 4 is 44.8 Å². The van der Waals surface area contributed by atoms with Gasteiger partial charge in [-0.25, -0.2) is 4.98 Å². The number of likely N-dealkylation sites (N-methyl/N-ethyl adjacent to an activating group) is 1. The molecule has 0 radical (unpaired) electrons. The van der Waals surface area contributed by atoms with Crippen LogP contribution in [0.4, 0.5) is 17.2 Å². The summed E-state index contributed by atoms with van der Waals surface area (Å²) in [5.74, 6) is 0.427. The fraction of sp³-hybridized carbons (Fsp3) is 0.190. The summed E-state index contributed by atoms with van der Waals surface area (Å²) in [4.78, 5) is 23.0. The Labute approximate surface area is 167 Å². The minimum absolute atomic E-state index is 0.223. The predicted octanol–water partition coefficient (Wildman–Crippen LogP) is 2.99. The molecule has 4 rings (SSSR count). The van der Waals surface area contributed by atoms with Crippen LogP contribution in [-0.4, -0.2) is 48.0 Å². The number of fused-ring (bicyclic) bond motifs is 2. The number of hydrogen-bond acceptors (Lipinski definition) is 7. The third kappa shape index (κ3) is 3.83. The van der Waals surface area contributed by atoms with E-state index in [1.807, 2.05) is 49.3 Å². The molecule has 3 aromatic heterocycles. The van der Waals surface area contributed by atoms with Gasteiger partial charge in [-0.3, -0.25) is 9.78 Å². The molecule has 0 aliphatic rings. The van der Waals surface area contributed by atoms with Crippen LogP contribution >= 0.6 is 0 Å². The monoisotopic (exact) mass is 390 g/mol. The second-order valence-electron chi connectivity index (χ2n) is 6.99. The highest BCUT2D eigenvalue weighted by Crippen LogP contribution is 2.34. The average Bonchev–Trinajstić information content (AvgIpc) is 3.06. The Bertz CT molecular complexity index is 1180. The molecule has 4 N–H and O–H groups in total. The quantitative estimate of drug-likeness (QED) is 0.464. The summed E-state index contributed by atoms with van der Waals surface area (Å²) in [6, 6.07) is 9.47. The van der Waals surface area contributed by atoms with Crippen LogP contribution < -0.4 is 16.4 Å². The first-order valence-corrected chi connectivity index (χ1v) is 9.23. The zero-order chi connectivity index (χ0) is 20.4. The number of nitrogens with zero attached hydrogens (tertiary/aromatic N) is 3. The second-order valence-corrected chi connectivity index (χ2v) is 6.99. The zero-order valence-corrected chi connectivity index (χ0v) is 16.3. The summed E-state index contributed by atoms with van der Waals surface area (Å²) in [5, 5.41) is 8.84. The van der Waals surface area contributed by atoms with Crippen LogP contribution in [0.2, 0.25) is 0 Å². The minimum Gasteiger partial charge on any atom is -0.447 e. The van der Waals surface area contributed by atoms with Crippen molar-refractivity contribution in [2.24, 2.45) is 0 Å². The predicted molar refractivity (Wildman–Crippen MR) is 114 cm³/mol. The van der Waals surface area contributed by atoms with Crippen molar-refractivity contribution in [3.05, 3.63) is 54.7 Å². The Morgan fingerprint density at radius 1 is 1.17 bits per heavy atom. The lowest BCUT2D eigenvalue weighted by Gasteiger charge is -2.11. The van der Waals surface area contributed by atoms with E-state index in [9.17, 15) is 4.79 Å². The highest BCUT2D eigenvalue weighted by Gasteiger charge is 2.21. The zero-order valence-electron chi connectivity index (χ0n) is 16.3. The van der Waals surface area contributed by atoms with Gasteiger partial charge in [0.05, 0.1) is 11.9 Å². The molecule has 0 spiro atoms. The third-order valence-electron chi connectivity index (χ3n) is 4.61. The van der Waals surface area contributed by atoms with Crippen LogP contribution in [0.25, 0.3) is 21.7 Å². The van der Waals surface area contributed by atoms with Crippen LogP contribution in [0, 0.1) is 0 Å². The van der Waals surface area contributed by atoms with E-state index in [2.05, 4.69) is 20.6 Å². The van der Waals surface area contributed by atoms with E-state index in [4.69, 9.17) is 10.2 Å². The van der Waals surface area contributed by atoms with Crippen molar-refractivity contribution in [2.75, 3.05) is 38.2 Å². The van der Waals surface area contributed by atoms with Crippen molar-refractivity contribution in [1.29, 1.82) is 0 Å². The van der Waals surface area contributed by atoms with Gasteiger partial charge in [0.1, 0.15) is 5.82 Å². The van der Waals surface area contributed by atoms with Gasteiger partial charge in [-0.05, 0) is 49.8 Å². The van der Waals surface area contributed by atoms with Gasteiger partial charge in [0.25, 0.3) is 5.91 Å². The lowest BCUT2D eigenvalue weighted by molar-refractivity contribution is 0.0926.